The van der Waals surface area contributed by atoms with Gasteiger partial charge >= 0.3 is 0 Å². The molecule has 0 fully saturated rings. The molecule has 0 atom stereocenters. The summed E-state index contributed by atoms with van der Waals surface area (Å²) in [5.41, 5.74) is 0. The Bertz CT molecular complexity index is 524. The van der Waals surface area contributed by atoms with E-state index in [0.717, 1.165) is 17.0 Å². The van der Waals surface area contributed by atoms with E-state index in [0.29, 0.717) is 12.2 Å². The highest BCUT2D eigenvalue weighted by Crippen LogP contribution is 2.16. The molecule has 0 saturated carbocycles. The minimum atomic E-state index is -3.46. The van der Waals surface area contributed by atoms with E-state index in [2.05, 4.69) is 10.5 Å². The van der Waals surface area contributed by atoms with Crippen molar-refractivity contribution in [2.24, 2.45) is 0 Å². The lowest BCUT2D eigenvalue weighted by Crippen LogP contribution is -2.38. The molecule has 0 aliphatic heterocycles. The first kappa shape index (κ1) is 15.5. The fraction of sp³-hybridized carbons (Fsp3) is 0.636. The number of nitrogens with zero attached hydrogens (tertiary/aromatic N) is 2. The standard InChI is InChI=1S/C11H19N3O4S/c1-4-5-11(15)12-6-7-14(19(3,16)17)10-8-9(2)18-13-10/h8H,4-7H2,1-3H3,(H,12,15). The number of sulfonamides is 1. The maximum Gasteiger partial charge on any atom is 0.233 e. The predicted octanol–water partition coefficient (Wildman–Crippen LogP) is 0.665. The summed E-state index contributed by atoms with van der Waals surface area (Å²) in [6.45, 7) is 3.94. The van der Waals surface area contributed by atoms with Crippen molar-refractivity contribution in [3.8, 4) is 0 Å². The number of carbonyl (C=O) groups excluding carboxylic acids is 1. The lowest BCUT2D eigenvalue weighted by atomic mass is 10.3. The first-order valence-corrected chi connectivity index (χ1v) is 7.87. The van der Waals surface area contributed by atoms with Gasteiger partial charge in [-0.15, -0.1) is 0 Å². The van der Waals surface area contributed by atoms with Gasteiger partial charge in [0.05, 0.1) is 12.8 Å². The molecule has 108 valence electrons. The zero-order chi connectivity index (χ0) is 14.5. The zero-order valence-electron chi connectivity index (χ0n) is 11.3. The number of rotatable bonds is 7. The SMILES string of the molecule is CCCC(=O)NCCN(c1cc(C)on1)S(C)(=O)=O. The van der Waals surface area contributed by atoms with E-state index in [1.54, 1.807) is 6.92 Å². The number of amides is 1. The smallest absolute Gasteiger partial charge is 0.233 e. The fourth-order valence-electron chi connectivity index (χ4n) is 1.53. The Morgan fingerprint density at radius 3 is 2.68 bits per heavy atom. The van der Waals surface area contributed by atoms with Gasteiger partial charge in [0.2, 0.25) is 15.9 Å². The number of anilines is 1. The van der Waals surface area contributed by atoms with E-state index >= 15 is 0 Å². The fourth-order valence-corrected chi connectivity index (χ4v) is 2.38. The van der Waals surface area contributed by atoms with Gasteiger partial charge in [-0.05, 0) is 13.3 Å². The van der Waals surface area contributed by atoms with Crippen LogP contribution in [-0.2, 0) is 14.8 Å². The maximum atomic E-state index is 11.7. The molecule has 0 saturated heterocycles. The van der Waals surface area contributed by atoms with Crippen molar-refractivity contribution in [1.29, 1.82) is 0 Å². The molecule has 1 aromatic rings. The van der Waals surface area contributed by atoms with Crippen molar-refractivity contribution in [2.75, 3.05) is 23.7 Å². The Balaban J connectivity index is 2.65. The number of aromatic nitrogens is 1. The molecule has 1 heterocycles. The van der Waals surface area contributed by atoms with E-state index in [1.807, 2.05) is 6.92 Å². The summed E-state index contributed by atoms with van der Waals surface area (Å²) in [6, 6.07) is 1.54. The van der Waals surface area contributed by atoms with Crippen LogP contribution in [0.3, 0.4) is 0 Å². The summed E-state index contributed by atoms with van der Waals surface area (Å²) >= 11 is 0. The van der Waals surface area contributed by atoms with Crippen LogP contribution in [0.15, 0.2) is 10.6 Å². The summed E-state index contributed by atoms with van der Waals surface area (Å²) in [4.78, 5) is 11.3. The van der Waals surface area contributed by atoms with Crippen LogP contribution in [-0.4, -0.2) is 38.8 Å². The van der Waals surface area contributed by atoms with Crippen molar-refractivity contribution in [3.63, 3.8) is 0 Å². The topological polar surface area (TPSA) is 92.5 Å². The molecule has 1 rings (SSSR count). The Labute approximate surface area is 113 Å². The number of hydrogen-bond donors (Lipinski definition) is 1. The quantitative estimate of drug-likeness (QED) is 0.796. The minimum Gasteiger partial charge on any atom is -0.360 e. The second-order valence-electron chi connectivity index (χ2n) is 4.23. The zero-order valence-corrected chi connectivity index (χ0v) is 12.2. The van der Waals surface area contributed by atoms with Crippen LogP contribution in [0.4, 0.5) is 5.82 Å². The van der Waals surface area contributed by atoms with Crippen molar-refractivity contribution in [2.45, 2.75) is 26.7 Å². The van der Waals surface area contributed by atoms with Gasteiger partial charge in [0.1, 0.15) is 5.76 Å². The number of hydrogen-bond acceptors (Lipinski definition) is 5. The van der Waals surface area contributed by atoms with Crippen LogP contribution in [0.1, 0.15) is 25.5 Å². The van der Waals surface area contributed by atoms with E-state index < -0.39 is 10.0 Å². The predicted molar refractivity (Wildman–Crippen MR) is 71.3 cm³/mol. The summed E-state index contributed by atoms with van der Waals surface area (Å²) in [6.07, 6.45) is 2.27. The third-order valence-corrected chi connectivity index (χ3v) is 3.56. The van der Waals surface area contributed by atoms with Crippen LogP contribution in [0.2, 0.25) is 0 Å². The van der Waals surface area contributed by atoms with Gasteiger partial charge in [-0.2, -0.15) is 0 Å². The lowest BCUT2D eigenvalue weighted by Gasteiger charge is -2.19. The molecule has 8 heteroatoms. The average Bonchev–Trinajstić information content (AvgIpc) is 2.69. The number of aryl methyl sites for hydroxylation is 1. The summed E-state index contributed by atoms with van der Waals surface area (Å²) in [5, 5.41) is 6.33. The van der Waals surface area contributed by atoms with Crippen LogP contribution >= 0.6 is 0 Å². The highest BCUT2D eigenvalue weighted by molar-refractivity contribution is 7.92. The van der Waals surface area contributed by atoms with Gasteiger partial charge in [0.15, 0.2) is 5.82 Å². The molecule has 19 heavy (non-hydrogen) atoms. The molecule has 1 N–H and O–H groups in total. The molecule has 0 aliphatic rings. The first-order valence-electron chi connectivity index (χ1n) is 6.02. The van der Waals surface area contributed by atoms with Crippen LogP contribution in [0, 0.1) is 6.92 Å². The third-order valence-electron chi connectivity index (χ3n) is 2.39. The molecule has 0 bridgehead atoms. The number of carbonyl (C=O) groups is 1. The summed E-state index contributed by atoms with van der Waals surface area (Å²) < 4.78 is 29.3. The van der Waals surface area contributed by atoms with Gasteiger partial charge in [0.25, 0.3) is 0 Å². The molecular formula is C11H19N3O4S. The molecule has 0 spiro atoms. The summed E-state index contributed by atoms with van der Waals surface area (Å²) in [5.74, 6) is 0.663. The van der Waals surface area contributed by atoms with Crippen LogP contribution in [0.25, 0.3) is 0 Å². The monoisotopic (exact) mass is 289 g/mol. The van der Waals surface area contributed by atoms with Gasteiger partial charge in [-0.25, -0.2) is 12.7 Å². The van der Waals surface area contributed by atoms with Crippen LogP contribution in [0.5, 0.6) is 0 Å². The average molecular weight is 289 g/mol. The van der Waals surface area contributed by atoms with Gasteiger partial charge in [0, 0.05) is 19.0 Å². The van der Waals surface area contributed by atoms with Crippen molar-refractivity contribution in [3.05, 3.63) is 11.8 Å². The third kappa shape index (κ3) is 4.90. The second-order valence-corrected chi connectivity index (χ2v) is 6.14. The van der Waals surface area contributed by atoms with Crippen LogP contribution < -0.4 is 9.62 Å². The normalized spacial score (nSPS) is 11.3. The van der Waals surface area contributed by atoms with E-state index in [-0.39, 0.29) is 24.8 Å². The van der Waals surface area contributed by atoms with Gasteiger partial charge < -0.3 is 9.84 Å². The molecule has 0 aliphatic carbocycles. The molecule has 1 amide bonds. The minimum absolute atomic E-state index is 0.0905. The Kier molecular flexibility index (Phi) is 5.34. The molecule has 1 aromatic heterocycles. The molecule has 0 unspecified atom stereocenters. The van der Waals surface area contributed by atoms with Crippen molar-refractivity contribution in [1.82, 2.24) is 10.5 Å². The Morgan fingerprint density at radius 2 is 2.21 bits per heavy atom. The van der Waals surface area contributed by atoms with Gasteiger partial charge in [-0.3, -0.25) is 4.79 Å². The van der Waals surface area contributed by atoms with Crippen molar-refractivity contribution >= 4 is 21.7 Å². The maximum absolute atomic E-state index is 11.7. The highest BCUT2D eigenvalue weighted by Gasteiger charge is 2.20. The van der Waals surface area contributed by atoms with Gasteiger partial charge in [-0.1, -0.05) is 12.1 Å². The molecular weight excluding hydrogens is 270 g/mol. The Morgan fingerprint density at radius 1 is 1.53 bits per heavy atom. The first-order chi connectivity index (χ1) is 8.84. The second kappa shape index (κ2) is 6.55. The summed E-state index contributed by atoms with van der Waals surface area (Å²) in [7, 11) is -3.46. The highest BCUT2D eigenvalue weighted by atomic mass is 32.2. The van der Waals surface area contributed by atoms with E-state index in [4.69, 9.17) is 4.52 Å². The van der Waals surface area contributed by atoms with E-state index in [9.17, 15) is 13.2 Å². The molecule has 7 nitrogen and oxygen atoms in total. The molecule has 0 radical (unpaired) electrons. The number of nitrogens with one attached hydrogen (secondary N) is 1. The lowest BCUT2D eigenvalue weighted by molar-refractivity contribution is -0.121. The van der Waals surface area contributed by atoms with Crippen molar-refractivity contribution < 1.29 is 17.7 Å². The molecule has 0 aromatic carbocycles. The van der Waals surface area contributed by atoms with E-state index in [1.165, 1.54) is 6.07 Å². The largest absolute Gasteiger partial charge is 0.360 e. The Hall–Kier alpha value is -1.57.